The van der Waals surface area contributed by atoms with Crippen molar-refractivity contribution >= 4 is 39.3 Å². The number of primary amides is 1. The summed E-state index contributed by atoms with van der Waals surface area (Å²) in [7, 11) is 0. The second kappa shape index (κ2) is 6.74. The molecule has 2 heterocycles. The first-order valence-corrected chi connectivity index (χ1v) is 7.88. The number of aromatic nitrogens is 1. The van der Waals surface area contributed by atoms with Crippen LogP contribution in [0.2, 0.25) is 0 Å². The van der Waals surface area contributed by atoms with Crippen LogP contribution in [0.1, 0.15) is 41.1 Å². The number of amides is 2. The molecule has 2 atom stereocenters. The number of carboxylic acid groups (broad SMARTS) is 1. The van der Waals surface area contributed by atoms with Gasteiger partial charge in [0.15, 0.2) is 0 Å². The number of carbonyl (C=O) groups excluding carboxylic acids is 2. The van der Waals surface area contributed by atoms with Gasteiger partial charge in [-0.1, -0.05) is 6.92 Å². The molecule has 0 fully saturated rings. The Morgan fingerprint density at radius 1 is 1.39 bits per heavy atom. The van der Waals surface area contributed by atoms with Crippen molar-refractivity contribution < 1.29 is 19.5 Å². The summed E-state index contributed by atoms with van der Waals surface area (Å²) < 4.78 is 0. The lowest BCUT2D eigenvalue weighted by Crippen LogP contribution is -2.39. The van der Waals surface area contributed by atoms with Crippen LogP contribution in [0.4, 0.5) is 0 Å². The number of rotatable bonds is 6. The Labute approximate surface area is 136 Å². The first-order valence-electron chi connectivity index (χ1n) is 7.00. The van der Waals surface area contributed by atoms with E-state index in [2.05, 4.69) is 10.3 Å². The Kier molecular flexibility index (Phi) is 4.95. The second-order valence-corrected chi connectivity index (χ2v) is 6.31. The number of hydrogen-bond acceptors (Lipinski definition) is 5. The first-order chi connectivity index (χ1) is 10.8. The van der Waals surface area contributed by atoms with Gasteiger partial charge < -0.3 is 16.2 Å². The number of hydrogen-bond donors (Lipinski definition) is 3. The topological polar surface area (TPSA) is 122 Å². The van der Waals surface area contributed by atoms with Crippen molar-refractivity contribution in [3.63, 3.8) is 0 Å². The van der Waals surface area contributed by atoms with Crippen LogP contribution in [0.5, 0.6) is 0 Å². The summed E-state index contributed by atoms with van der Waals surface area (Å²) in [6.45, 7) is 3.51. The zero-order valence-electron chi connectivity index (χ0n) is 12.7. The van der Waals surface area contributed by atoms with E-state index >= 15 is 0 Å². The SMILES string of the molecule is CC(CC(N)=O)C(C)NC(=O)c1nc2sccc2cc1C(=O)O. The maximum absolute atomic E-state index is 12.4. The van der Waals surface area contributed by atoms with Gasteiger partial charge in [0, 0.05) is 17.8 Å². The monoisotopic (exact) mass is 335 g/mol. The predicted molar refractivity (Wildman–Crippen MR) is 86.5 cm³/mol. The van der Waals surface area contributed by atoms with Gasteiger partial charge in [0.25, 0.3) is 5.91 Å². The van der Waals surface area contributed by atoms with Crippen LogP contribution in [-0.2, 0) is 4.79 Å². The number of fused-ring (bicyclic) bond motifs is 1. The summed E-state index contributed by atoms with van der Waals surface area (Å²) in [6, 6.07) is 2.84. The molecule has 0 aromatic carbocycles. The molecule has 23 heavy (non-hydrogen) atoms. The zero-order chi connectivity index (χ0) is 17.1. The fraction of sp³-hybridized carbons (Fsp3) is 0.333. The van der Waals surface area contributed by atoms with E-state index < -0.39 is 17.8 Å². The molecule has 2 aromatic heterocycles. The van der Waals surface area contributed by atoms with Crippen LogP contribution >= 0.6 is 11.3 Å². The van der Waals surface area contributed by atoms with E-state index in [0.29, 0.717) is 10.2 Å². The van der Waals surface area contributed by atoms with Gasteiger partial charge in [-0.2, -0.15) is 0 Å². The predicted octanol–water partition coefficient (Wildman–Crippen LogP) is 1.62. The maximum atomic E-state index is 12.4. The van der Waals surface area contributed by atoms with E-state index in [1.54, 1.807) is 25.3 Å². The highest BCUT2D eigenvalue weighted by Crippen LogP contribution is 2.22. The first kappa shape index (κ1) is 16.9. The van der Waals surface area contributed by atoms with Crippen LogP contribution in [0.15, 0.2) is 17.5 Å². The van der Waals surface area contributed by atoms with Gasteiger partial charge in [0.1, 0.15) is 10.5 Å². The zero-order valence-corrected chi connectivity index (χ0v) is 13.5. The number of aromatic carboxylic acids is 1. The summed E-state index contributed by atoms with van der Waals surface area (Å²) in [5, 5.41) is 14.4. The summed E-state index contributed by atoms with van der Waals surface area (Å²) >= 11 is 1.33. The van der Waals surface area contributed by atoms with Crippen LogP contribution in [0, 0.1) is 5.92 Å². The van der Waals surface area contributed by atoms with Crippen molar-refractivity contribution in [2.45, 2.75) is 26.3 Å². The average Bonchev–Trinajstić information content (AvgIpc) is 2.92. The lowest BCUT2D eigenvalue weighted by atomic mass is 9.99. The molecule has 0 bridgehead atoms. The number of thiophene rings is 1. The van der Waals surface area contributed by atoms with Crippen molar-refractivity contribution in [1.29, 1.82) is 0 Å². The Bertz CT molecular complexity index is 771. The summed E-state index contributed by atoms with van der Waals surface area (Å²) in [4.78, 5) is 39.5. The third-order valence-electron chi connectivity index (χ3n) is 3.62. The molecule has 0 radical (unpaired) electrons. The molecule has 0 saturated carbocycles. The Morgan fingerprint density at radius 2 is 2.09 bits per heavy atom. The highest BCUT2D eigenvalue weighted by Gasteiger charge is 2.23. The summed E-state index contributed by atoms with van der Waals surface area (Å²) in [5.41, 5.74) is 4.86. The Hall–Kier alpha value is -2.48. The third-order valence-corrected chi connectivity index (χ3v) is 4.45. The van der Waals surface area contributed by atoms with Gasteiger partial charge in [0.2, 0.25) is 5.91 Å². The molecule has 2 aromatic rings. The average molecular weight is 335 g/mol. The Balaban J connectivity index is 2.27. The molecule has 122 valence electrons. The molecule has 2 unspecified atom stereocenters. The minimum Gasteiger partial charge on any atom is -0.478 e. The Morgan fingerprint density at radius 3 is 2.70 bits per heavy atom. The van der Waals surface area contributed by atoms with Crippen molar-refractivity contribution in [2.75, 3.05) is 0 Å². The van der Waals surface area contributed by atoms with Crippen LogP contribution in [0.25, 0.3) is 10.2 Å². The van der Waals surface area contributed by atoms with Gasteiger partial charge in [-0.3, -0.25) is 9.59 Å². The molecule has 0 aliphatic carbocycles. The van der Waals surface area contributed by atoms with E-state index in [0.717, 1.165) is 0 Å². The summed E-state index contributed by atoms with van der Waals surface area (Å²) in [5.74, 6) is -2.42. The molecule has 4 N–H and O–H groups in total. The lowest BCUT2D eigenvalue weighted by molar-refractivity contribution is -0.119. The van der Waals surface area contributed by atoms with Gasteiger partial charge in [-0.05, 0) is 30.4 Å². The van der Waals surface area contributed by atoms with E-state index in [1.807, 2.05) is 0 Å². The van der Waals surface area contributed by atoms with Crippen molar-refractivity contribution in [1.82, 2.24) is 10.3 Å². The molecule has 0 saturated heterocycles. The van der Waals surface area contributed by atoms with E-state index in [9.17, 15) is 19.5 Å². The molecule has 0 spiro atoms. The number of nitrogens with one attached hydrogen (secondary N) is 1. The standard InChI is InChI=1S/C15H17N3O4S/c1-7(5-11(16)19)8(2)17-13(20)12-10(15(21)22)6-9-3-4-23-14(9)18-12/h3-4,6-8H,5H2,1-2H3,(H2,16,19)(H,17,20)(H,21,22). The number of nitrogens with two attached hydrogens (primary N) is 1. The van der Waals surface area contributed by atoms with E-state index in [1.165, 1.54) is 17.4 Å². The van der Waals surface area contributed by atoms with E-state index in [-0.39, 0.29) is 29.6 Å². The lowest BCUT2D eigenvalue weighted by Gasteiger charge is -2.20. The minimum absolute atomic E-state index is 0.130. The minimum atomic E-state index is -1.21. The van der Waals surface area contributed by atoms with Gasteiger partial charge in [0.05, 0.1) is 5.56 Å². The normalized spacial score (nSPS) is 13.5. The third kappa shape index (κ3) is 3.84. The second-order valence-electron chi connectivity index (χ2n) is 5.41. The molecular formula is C15H17N3O4S. The van der Waals surface area contributed by atoms with Gasteiger partial charge >= 0.3 is 5.97 Å². The maximum Gasteiger partial charge on any atom is 0.338 e. The highest BCUT2D eigenvalue weighted by molar-refractivity contribution is 7.16. The van der Waals surface area contributed by atoms with Crippen LogP contribution in [0.3, 0.4) is 0 Å². The molecule has 0 aliphatic rings. The van der Waals surface area contributed by atoms with Gasteiger partial charge in [-0.15, -0.1) is 11.3 Å². The molecule has 2 rings (SSSR count). The smallest absolute Gasteiger partial charge is 0.338 e. The summed E-state index contributed by atoms with van der Waals surface area (Å²) in [6.07, 6.45) is 0.130. The van der Waals surface area contributed by atoms with Crippen LogP contribution in [-0.4, -0.2) is 33.9 Å². The number of nitrogens with zero attached hydrogens (tertiary/aromatic N) is 1. The quantitative estimate of drug-likeness (QED) is 0.740. The van der Waals surface area contributed by atoms with Gasteiger partial charge in [-0.25, -0.2) is 9.78 Å². The molecule has 2 amide bonds. The van der Waals surface area contributed by atoms with Crippen LogP contribution < -0.4 is 11.1 Å². The molecule has 7 nitrogen and oxygen atoms in total. The number of pyridine rings is 1. The molecule has 8 heteroatoms. The van der Waals surface area contributed by atoms with Crippen molar-refractivity contribution in [3.05, 3.63) is 28.8 Å². The fourth-order valence-corrected chi connectivity index (χ4v) is 2.90. The fourth-order valence-electron chi connectivity index (χ4n) is 2.15. The molecule has 0 aliphatic heterocycles. The largest absolute Gasteiger partial charge is 0.478 e. The highest BCUT2D eigenvalue weighted by atomic mass is 32.1. The van der Waals surface area contributed by atoms with Crippen molar-refractivity contribution in [3.8, 4) is 0 Å². The molecular weight excluding hydrogens is 318 g/mol. The number of carbonyl (C=O) groups is 3. The number of carboxylic acids is 1. The van der Waals surface area contributed by atoms with E-state index in [4.69, 9.17) is 5.73 Å². The van der Waals surface area contributed by atoms with Crippen molar-refractivity contribution in [2.24, 2.45) is 11.7 Å².